The average molecular weight is 637 g/mol. The lowest BCUT2D eigenvalue weighted by Gasteiger charge is -2.45. The van der Waals surface area contributed by atoms with Gasteiger partial charge in [-0.1, -0.05) is 126 Å². The zero-order valence-corrected chi connectivity index (χ0v) is 25.1. The van der Waals surface area contributed by atoms with E-state index in [1.165, 1.54) is 6.92 Å². The van der Waals surface area contributed by atoms with Crippen LogP contribution in [0.2, 0.25) is 0 Å². The van der Waals surface area contributed by atoms with Crippen LogP contribution in [0.1, 0.15) is 23.6 Å². The van der Waals surface area contributed by atoms with Crippen molar-refractivity contribution >= 4 is 46.7 Å². The van der Waals surface area contributed by atoms with Gasteiger partial charge in [-0.05, 0) is 16.7 Å². The minimum Gasteiger partial charge on any atom is -0.457 e. The van der Waals surface area contributed by atoms with Crippen LogP contribution in [0, 0.1) is 5.41 Å². The highest BCUT2D eigenvalue weighted by Gasteiger charge is 2.52. The Balaban J connectivity index is 1.63. The van der Waals surface area contributed by atoms with E-state index >= 15 is 0 Å². The number of rotatable bonds is 12. The summed E-state index contributed by atoms with van der Waals surface area (Å²) in [6.07, 6.45) is -5.04. The molecule has 0 aromatic heterocycles. The molecule has 0 aliphatic carbocycles. The second-order valence-electron chi connectivity index (χ2n) is 9.58. The summed E-state index contributed by atoms with van der Waals surface area (Å²) in [5.41, 5.74) is 2.71. The first-order chi connectivity index (χ1) is 20.2. The topological polar surface area (TPSA) is 96.3 Å². The predicted octanol–water partition coefficient (Wildman–Crippen LogP) is 6.39. The van der Waals surface area contributed by atoms with Crippen LogP contribution >= 0.6 is 34.8 Å². The van der Waals surface area contributed by atoms with E-state index < -0.39 is 46.4 Å². The molecule has 11 heteroatoms. The Morgan fingerprint density at radius 2 is 1.21 bits per heavy atom. The number of ether oxygens (including phenoxy) is 6. The molecule has 0 radical (unpaired) electrons. The molecule has 0 bridgehead atoms. The molecule has 3 aromatic rings. The van der Waals surface area contributed by atoms with Crippen LogP contribution in [-0.4, -0.2) is 53.0 Å². The van der Waals surface area contributed by atoms with Crippen molar-refractivity contribution in [2.45, 2.75) is 61.2 Å². The minimum atomic E-state index is -2.16. The Morgan fingerprint density at radius 1 is 0.738 bits per heavy atom. The van der Waals surface area contributed by atoms with Crippen molar-refractivity contribution in [3.05, 3.63) is 108 Å². The second-order valence-corrected chi connectivity index (χ2v) is 11.9. The van der Waals surface area contributed by atoms with E-state index in [9.17, 15) is 4.79 Å². The molecule has 1 aliphatic heterocycles. The molecule has 1 aliphatic rings. The van der Waals surface area contributed by atoms with Crippen LogP contribution in [0.4, 0.5) is 0 Å². The fraction of sp³-hybridized carbons (Fsp3) is 0.355. The van der Waals surface area contributed by atoms with Gasteiger partial charge in [0.2, 0.25) is 12.2 Å². The van der Waals surface area contributed by atoms with Gasteiger partial charge >= 0.3 is 5.97 Å². The van der Waals surface area contributed by atoms with Crippen molar-refractivity contribution in [1.29, 1.82) is 5.41 Å². The molecule has 0 spiro atoms. The van der Waals surface area contributed by atoms with Crippen molar-refractivity contribution < 1.29 is 33.2 Å². The molecule has 1 saturated heterocycles. The lowest BCUT2D eigenvalue weighted by Crippen LogP contribution is -2.62. The van der Waals surface area contributed by atoms with Gasteiger partial charge in [-0.3, -0.25) is 10.2 Å². The highest BCUT2D eigenvalue weighted by atomic mass is 35.6. The van der Waals surface area contributed by atoms with Gasteiger partial charge in [-0.2, -0.15) is 0 Å². The van der Waals surface area contributed by atoms with E-state index in [0.29, 0.717) is 6.61 Å². The molecule has 224 valence electrons. The molecular weight excluding hydrogens is 605 g/mol. The summed E-state index contributed by atoms with van der Waals surface area (Å²) in [7, 11) is 0. The zero-order chi connectivity index (χ0) is 30.0. The number of hydrogen-bond donors (Lipinski definition) is 1. The minimum absolute atomic E-state index is 0.0402. The van der Waals surface area contributed by atoms with Gasteiger partial charge in [0.1, 0.15) is 12.2 Å². The maximum atomic E-state index is 12.4. The molecule has 5 atom stereocenters. The smallest absolute Gasteiger partial charge is 0.303 e. The van der Waals surface area contributed by atoms with Gasteiger partial charge in [0.25, 0.3) is 3.79 Å². The van der Waals surface area contributed by atoms with E-state index in [1.807, 2.05) is 91.0 Å². The van der Waals surface area contributed by atoms with Gasteiger partial charge in [0.05, 0.1) is 26.4 Å². The number of carbonyl (C=O) groups excluding carboxylic acids is 1. The van der Waals surface area contributed by atoms with Gasteiger partial charge in [-0.15, -0.1) is 0 Å². The number of nitrogens with one attached hydrogen (secondary N) is 1. The van der Waals surface area contributed by atoms with E-state index in [2.05, 4.69) is 0 Å². The summed E-state index contributed by atoms with van der Waals surface area (Å²) in [6.45, 7) is 1.95. The number of benzene rings is 3. The van der Waals surface area contributed by atoms with Crippen LogP contribution in [0.15, 0.2) is 91.0 Å². The van der Waals surface area contributed by atoms with Crippen LogP contribution in [-0.2, 0) is 53.0 Å². The first kappa shape index (κ1) is 32.2. The van der Waals surface area contributed by atoms with E-state index in [4.69, 9.17) is 68.6 Å². The summed E-state index contributed by atoms with van der Waals surface area (Å²) in [4.78, 5) is 12.4. The Bertz CT molecular complexity index is 1260. The first-order valence-electron chi connectivity index (χ1n) is 13.3. The predicted molar refractivity (Wildman–Crippen MR) is 159 cm³/mol. The van der Waals surface area contributed by atoms with Crippen molar-refractivity contribution in [1.82, 2.24) is 0 Å². The molecule has 42 heavy (non-hydrogen) atoms. The average Bonchev–Trinajstić information content (AvgIpc) is 2.97. The summed E-state index contributed by atoms with van der Waals surface area (Å²) >= 11 is 17.8. The highest BCUT2D eigenvalue weighted by Crippen LogP contribution is 2.34. The van der Waals surface area contributed by atoms with Gasteiger partial charge in [-0.25, -0.2) is 0 Å². The van der Waals surface area contributed by atoms with Gasteiger partial charge < -0.3 is 28.4 Å². The third-order valence-corrected chi connectivity index (χ3v) is 6.86. The van der Waals surface area contributed by atoms with Gasteiger partial charge in [0, 0.05) is 6.92 Å². The molecule has 8 nitrogen and oxygen atoms in total. The molecule has 0 saturated carbocycles. The number of carbonyl (C=O) groups is 1. The number of esters is 1. The number of alkyl halides is 3. The Hall–Kier alpha value is -2.69. The molecule has 4 rings (SSSR count). The first-order valence-corrected chi connectivity index (χ1v) is 14.4. The van der Waals surface area contributed by atoms with E-state index in [1.54, 1.807) is 0 Å². The molecule has 3 unspecified atom stereocenters. The van der Waals surface area contributed by atoms with Crippen molar-refractivity contribution in [2.24, 2.45) is 0 Å². The number of hydrogen-bond acceptors (Lipinski definition) is 8. The summed E-state index contributed by atoms with van der Waals surface area (Å²) < 4.78 is 34.3. The van der Waals surface area contributed by atoms with Crippen molar-refractivity contribution in [2.75, 3.05) is 6.61 Å². The SMILES string of the molecule is CC(=O)OC1C(OCc2ccccc2)[C@@H](OC(=N)C(Cl)(Cl)Cl)OC(COCc2ccccc2)[C@H]1OCc1ccccc1. The van der Waals surface area contributed by atoms with Crippen molar-refractivity contribution in [3.8, 4) is 0 Å². The number of halogens is 3. The Morgan fingerprint density at radius 3 is 1.69 bits per heavy atom. The van der Waals surface area contributed by atoms with E-state index in [0.717, 1.165) is 16.7 Å². The maximum absolute atomic E-state index is 12.4. The molecule has 0 amide bonds. The zero-order valence-electron chi connectivity index (χ0n) is 22.9. The molecule has 1 heterocycles. The molecule has 1 fully saturated rings. The molecule has 1 N–H and O–H groups in total. The molecule has 3 aromatic carbocycles. The Kier molecular flexibility index (Phi) is 12.0. The second kappa shape index (κ2) is 15.7. The monoisotopic (exact) mass is 635 g/mol. The van der Waals surface area contributed by atoms with Crippen LogP contribution in [0.25, 0.3) is 0 Å². The Labute approximate surface area is 260 Å². The lowest BCUT2D eigenvalue weighted by molar-refractivity contribution is -0.306. The normalized spacial score (nSPS) is 22.3. The lowest BCUT2D eigenvalue weighted by atomic mass is 9.98. The third kappa shape index (κ3) is 9.67. The third-order valence-electron chi connectivity index (χ3n) is 6.35. The van der Waals surface area contributed by atoms with E-state index in [-0.39, 0.29) is 19.8 Å². The summed E-state index contributed by atoms with van der Waals surface area (Å²) in [5.74, 6) is -1.25. The standard InChI is InChI=1S/C31H32Cl3NO7/c1-21(36)40-27-26(38-18-23-13-7-3-8-14-23)25(20-37-17-22-11-5-2-6-12-22)41-29(42-30(35)31(32,33)34)28(27)39-19-24-15-9-4-10-16-24/h2-16,25-29,35H,17-20H2,1H3/t25?,26-,27?,28?,29-/m1/s1. The van der Waals surface area contributed by atoms with Crippen LogP contribution in [0.5, 0.6) is 0 Å². The molecular formula is C31H32Cl3NO7. The van der Waals surface area contributed by atoms with Crippen LogP contribution < -0.4 is 0 Å². The highest BCUT2D eigenvalue weighted by molar-refractivity contribution is 6.76. The van der Waals surface area contributed by atoms with Gasteiger partial charge in [0.15, 0.2) is 12.2 Å². The quantitative estimate of drug-likeness (QED) is 0.106. The van der Waals surface area contributed by atoms with Crippen LogP contribution in [0.3, 0.4) is 0 Å². The summed E-state index contributed by atoms with van der Waals surface area (Å²) in [6, 6.07) is 28.6. The van der Waals surface area contributed by atoms with Crippen molar-refractivity contribution in [3.63, 3.8) is 0 Å². The summed E-state index contributed by atoms with van der Waals surface area (Å²) in [5, 5.41) is 8.21. The fourth-order valence-electron chi connectivity index (χ4n) is 4.39. The maximum Gasteiger partial charge on any atom is 0.303 e. The largest absolute Gasteiger partial charge is 0.457 e. The fourth-order valence-corrected chi connectivity index (χ4v) is 4.53.